The number of fused-ring (bicyclic) bond motifs is 3. The number of carbonyl (C=O) groups excluding carboxylic acids is 1. The summed E-state index contributed by atoms with van der Waals surface area (Å²) in [4.78, 5) is 13.7. The van der Waals surface area contributed by atoms with E-state index in [4.69, 9.17) is 4.74 Å². The molecule has 1 aliphatic carbocycles. The van der Waals surface area contributed by atoms with Crippen LogP contribution in [-0.2, 0) is 9.48 Å². The zero-order valence-corrected chi connectivity index (χ0v) is 21.1. The van der Waals surface area contributed by atoms with Gasteiger partial charge in [-0.3, -0.25) is 0 Å². The normalized spacial score (nSPS) is 12.5. The highest BCUT2D eigenvalue weighted by atomic mass is 32.2. The van der Waals surface area contributed by atoms with E-state index in [1.165, 1.54) is 34.0 Å². The Balaban J connectivity index is 1.36. The highest BCUT2D eigenvalue weighted by Crippen LogP contribution is 2.50. The Hall–Kier alpha value is -4.08. The van der Waals surface area contributed by atoms with Gasteiger partial charge in [0.25, 0.3) is 0 Å². The molecule has 6 rings (SSSR count). The zero-order valence-electron chi connectivity index (χ0n) is 20.3. The number of benzene rings is 5. The molecule has 0 saturated carbocycles. The first-order valence-corrected chi connectivity index (χ1v) is 13.3. The monoisotopic (exact) mass is 498 g/mol. The van der Waals surface area contributed by atoms with Crippen molar-refractivity contribution >= 4 is 17.1 Å². The number of rotatable bonds is 6. The third-order valence-electron chi connectivity index (χ3n) is 7.11. The Morgan fingerprint density at radius 1 is 0.568 bits per heavy atom. The molecule has 0 N–H and O–H groups in total. The molecule has 0 spiro atoms. The van der Waals surface area contributed by atoms with Crippen LogP contribution in [0.25, 0.3) is 11.1 Å². The maximum Gasteiger partial charge on any atom is 0.368 e. The molecule has 180 valence electrons. The number of ether oxygens (including phenoxy) is 1. The van der Waals surface area contributed by atoms with Crippen LogP contribution in [0.3, 0.4) is 0 Å². The van der Waals surface area contributed by atoms with Gasteiger partial charge in [-0.05, 0) is 50.7 Å². The summed E-state index contributed by atoms with van der Waals surface area (Å²) in [6, 6.07) is 47.5. The van der Waals surface area contributed by atoms with E-state index in [1.807, 2.05) is 54.6 Å². The van der Waals surface area contributed by atoms with Gasteiger partial charge in [-0.1, -0.05) is 140 Å². The first-order valence-electron chi connectivity index (χ1n) is 12.5. The summed E-state index contributed by atoms with van der Waals surface area (Å²) in [6.07, 6.45) is 0. The van der Waals surface area contributed by atoms with Crippen LogP contribution < -0.4 is 0 Å². The Bertz CT molecular complexity index is 1370. The largest absolute Gasteiger partial charge is 0.457 e. The lowest BCUT2D eigenvalue weighted by atomic mass is 9.84. The molecule has 0 heterocycles. The topological polar surface area (TPSA) is 26.3 Å². The number of carbonyl (C=O) groups is 1. The predicted octanol–water partition coefficient (Wildman–Crippen LogP) is 8.66. The summed E-state index contributed by atoms with van der Waals surface area (Å²) in [7, 11) is 0. The van der Waals surface area contributed by atoms with Crippen molar-refractivity contribution in [2.24, 2.45) is 0 Å². The molecule has 3 heteroatoms. The van der Waals surface area contributed by atoms with Gasteiger partial charge >= 0.3 is 5.30 Å². The highest BCUT2D eigenvalue weighted by Gasteiger charge is 2.40. The fourth-order valence-electron chi connectivity index (χ4n) is 5.44. The van der Waals surface area contributed by atoms with Crippen LogP contribution in [-0.4, -0.2) is 11.9 Å². The molecule has 0 radical (unpaired) electrons. The molecule has 0 bridgehead atoms. The van der Waals surface area contributed by atoms with Crippen molar-refractivity contribution in [1.29, 1.82) is 0 Å². The van der Waals surface area contributed by atoms with Gasteiger partial charge in [-0.25, -0.2) is 4.79 Å². The van der Waals surface area contributed by atoms with E-state index in [2.05, 4.69) is 84.9 Å². The molecule has 5 aromatic carbocycles. The first kappa shape index (κ1) is 23.3. The summed E-state index contributed by atoms with van der Waals surface area (Å²) in [5.41, 5.74) is 7.96. The lowest BCUT2D eigenvalue weighted by molar-refractivity contribution is 0.171. The molecular weight excluding hydrogens is 472 g/mol. The SMILES string of the molecule is O=C(OCC1c2ccccc2-c2ccccc21)SC(c1ccccc1)(c1ccccc1)c1ccccc1. The second-order valence-corrected chi connectivity index (χ2v) is 10.3. The molecule has 0 amide bonds. The van der Waals surface area contributed by atoms with Gasteiger partial charge in [0.15, 0.2) is 0 Å². The van der Waals surface area contributed by atoms with Crippen LogP contribution in [0.4, 0.5) is 4.79 Å². The quantitative estimate of drug-likeness (QED) is 0.173. The molecule has 0 aromatic heterocycles. The third kappa shape index (κ3) is 4.26. The maximum atomic E-state index is 13.7. The van der Waals surface area contributed by atoms with E-state index in [9.17, 15) is 4.79 Å². The van der Waals surface area contributed by atoms with E-state index < -0.39 is 4.75 Å². The predicted molar refractivity (Wildman–Crippen MR) is 152 cm³/mol. The summed E-state index contributed by atoms with van der Waals surface area (Å²) in [5, 5.41) is -0.293. The lowest BCUT2D eigenvalue weighted by Gasteiger charge is -2.34. The Morgan fingerprint density at radius 2 is 0.946 bits per heavy atom. The van der Waals surface area contributed by atoms with Crippen LogP contribution in [0, 0.1) is 0 Å². The van der Waals surface area contributed by atoms with Gasteiger partial charge in [0.2, 0.25) is 0 Å². The molecule has 37 heavy (non-hydrogen) atoms. The second-order valence-electron chi connectivity index (χ2n) is 9.17. The van der Waals surface area contributed by atoms with Crippen molar-refractivity contribution in [3.8, 4) is 11.1 Å². The average molecular weight is 499 g/mol. The molecule has 5 aromatic rings. The maximum absolute atomic E-state index is 13.7. The van der Waals surface area contributed by atoms with Crippen LogP contribution in [0.1, 0.15) is 33.7 Å². The first-order chi connectivity index (χ1) is 18.3. The molecular formula is C34H26O2S. The minimum atomic E-state index is -0.744. The summed E-state index contributed by atoms with van der Waals surface area (Å²) >= 11 is 1.24. The lowest BCUT2D eigenvalue weighted by Crippen LogP contribution is -2.28. The van der Waals surface area contributed by atoms with Crippen molar-refractivity contribution in [1.82, 2.24) is 0 Å². The van der Waals surface area contributed by atoms with Crippen LogP contribution in [0.2, 0.25) is 0 Å². The molecule has 0 aliphatic heterocycles. The van der Waals surface area contributed by atoms with E-state index in [0.717, 1.165) is 16.7 Å². The van der Waals surface area contributed by atoms with Gasteiger partial charge < -0.3 is 4.74 Å². The van der Waals surface area contributed by atoms with Gasteiger partial charge in [-0.15, -0.1) is 0 Å². The Labute approximate surface area is 222 Å². The van der Waals surface area contributed by atoms with Crippen molar-refractivity contribution < 1.29 is 9.53 Å². The fourth-order valence-corrected chi connectivity index (χ4v) is 6.58. The van der Waals surface area contributed by atoms with Gasteiger partial charge in [-0.2, -0.15) is 0 Å². The molecule has 0 saturated heterocycles. The summed E-state index contributed by atoms with van der Waals surface area (Å²) in [5.74, 6) is 0.0246. The summed E-state index contributed by atoms with van der Waals surface area (Å²) in [6.45, 7) is 0.300. The van der Waals surface area contributed by atoms with Crippen LogP contribution in [0.5, 0.6) is 0 Å². The van der Waals surface area contributed by atoms with Crippen molar-refractivity contribution in [3.05, 3.63) is 167 Å². The molecule has 0 unspecified atom stereocenters. The van der Waals surface area contributed by atoms with Gasteiger partial charge in [0, 0.05) is 5.92 Å². The number of hydrogen-bond donors (Lipinski definition) is 0. The molecule has 1 aliphatic rings. The molecule has 2 nitrogen and oxygen atoms in total. The number of hydrogen-bond acceptors (Lipinski definition) is 3. The van der Waals surface area contributed by atoms with Crippen molar-refractivity contribution in [2.45, 2.75) is 10.7 Å². The zero-order chi connectivity index (χ0) is 25.1. The second kappa shape index (κ2) is 10.1. The third-order valence-corrected chi connectivity index (χ3v) is 8.41. The Morgan fingerprint density at radius 3 is 1.38 bits per heavy atom. The molecule has 0 fully saturated rings. The minimum absolute atomic E-state index is 0.0246. The van der Waals surface area contributed by atoms with Crippen molar-refractivity contribution in [3.63, 3.8) is 0 Å². The van der Waals surface area contributed by atoms with Crippen LogP contribution in [0.15, 0.2) is 140 Å². The standard InChI is InChI=1S/C34H26O2S/c35-33(36-24-32-30-22-12-10-20-28(30)29-21-11-13-23-31(29)32)37-34(25-14-4-1-5-15-25,26-16-6-2-7-17-26)27-18-8-3-9-19-27/h1-23,32H,24H2. The highest BCUT2D eigenvalue weighted by molar-refractivity contribution is 8.14. The number of thioether (sulfide) groups is 1. The molecule has 0 atom stereocenters. The van der Waals surface area contributed by atoms with E-state index >= 15 is 0 Å². The van der Waals surface area contributed by atoms with E-state index in [-0.39, 0.29) is 11.2 Å². The Kier molecular flexibility index (Phi) is 6.38. The van der Waals surface area contributed by atoms with Gasteiger partial charge in [0.05, 0.1) is 0 Å². The fraction of sp³-hybridized carbons (Fsp3) is 0.0882. The van der Waals surface area contributed by atoms with Crippen LogP contribution >= 0.6 is 11.8 Å². The van der Waals surface area contributed by atoms with Gasteiger partial charge in [0.1, 0.15) is 11.4 Å². The summed E-state index contributed by atoms with van der Waals surface area (Å²) < 4.78 is 5.34. The van der Waals surface area contributed by atoms with Crippen molar-refractivity contribution in [2.75, 3.05) is 6.61 Å². The average Bonchev–Trinajstić information content (AvgIpc) is 3.30. The van der Waals surface area contributed by atoms with E-state index in [1.54, 1.807) is 0 Å². The smallest absolute Gasteiger partial charge is 0.368 e. The minimum Gasteiger partial charge on any atom is -0.457 e. The van der Waals surface area contributed by atoms with E-state index in [0.29, 0.717) is 6.61 Å².